The van der Waals surface area contributed by atoms with Crippen molar-refractivity contribution in [3.8, 4) is 0 Å². The number of anilines is 2. The van der Waals surface area contributed by atoms with Gasteiger partial charge in [0, 0.05) is 24.0 Å². The van der Waals surface area contributed by atoms with E-state index in [0.717, 1.165) is 18.7 Å². The van der Waals surface area contributed by atoms with E-state index in [1.54, 1.807) is 6.20 Å². The Morgan fingerprint density at radius 2 is 2.00 bits per heavy atom. The van der Waals surface area contributed by atoms with Crippen molar-refractivity contribution >= 4 is 17.3 Å². The van der Waals surface area contributed by atoms with Crippen LogP contribution in [0.2, 0.25) is 0 Å². The van der Waals surface area contributed by atoms with Gasteiger partial charge >= 0.3 is 0 Å². The lowest BCUT2D eigenvalue weighted by Gasteiger charge is -2.22. The van der Waals surface area contributed by atoms with Crippen LogP contribution in [0.3, 0.4) is 0 Å². The minimum Gasteiger partial charge on any atom is -0.347 e. The van der Waals surface area contributed by atoms with Crippen LogP contribution < -0.4 is 10.2 Å². The maximum atomic E-state index is 12.3. The van der Waals surface area contributed by atoms with E-state index in [0.29, 0.717) is 5.56 Å². The monoisotopic (exact) mass is 295 g/mol. The SMILES string of the molecule is CC(C)(C)NC(=O)c1cncc(N2CCc3ccccc32)c1. The van der Waals surface area contributed by atoms with E-state index < -0.39 is 0 Å². The smallest absolute Gasteiger partial charge is 0.253 e. The average molecular weight is 295 g/mol. The van der Waals surface area contributed by atoms with E-state index in [4.69, 9.17) is 0 Å². The van der Waals surface area contributed by atoms with Gasteiger partial charge < -0.3 is 10.2 Å². The Labute approximate surface area is 131 Å². The summed E-state index contributed by atoms with van der Waals surface area (Å²) in [6.45, 7) is 6.84. The Balaban J connectivity index is 1.88. The van der Waals surface area contributed by atoms with Crippen molar-refractivity contribution in [2.45, 2.75) is 32.7 Å². The third kappa shape index (κ3) is 2.96. The van der Waals surface area contributed by atoms with E-state index in [2.05, 4.69) is 33.4 Å². The van der Waals surface area contributed by atoms with Gasteiger partial charge in [-0.15, -0.1) is 0 Å². The minimum atomic E-state index is -0.257. The molecule has 0 spiro atoms. The number of nitrogens with one attached hydrogen (secondary N) is 1. The van der Waals surface area contributed by atoms with Gasteiger partial charge in [-0.05, 0) is 44.9 Å². The van der Waals surface area contributed by atoms with Gasteiger partial charge in [0.15, 0.2) is 0 Å². The Morgan fingerprint density at radius 3 is 2.77 bits per heavy atom. The number of hydrogen-bond donors (Lipinski definition) is 1. The quantitative estimate of drug-likeness (QED) is 0.924. The first-order valence-electron chi connectivity index (χ1n) is 7.57. The maximum Gasteiger partial charge on any atom is 0.253 e. The molecular weight excluding hydrogens is 274 g/mol. The Morgan fingerprint density at radius 1 is 1.23 bits per heavy atom. The van der Waals surface area contributed by atoms with Gasteiger partial charge in [-0.3, -0.25) is 9.78 Å². The topological polar surface area (TPSA) is 45.2 Å². The van der Waals surface area contributed by atoms with Crippen LogP contribution in [-0.4, -0.2) is 23.0 Å². The normalized spacial score (nSPS) is 13.9. The van der Waals surface area contributed by atoms with E-state index in [-0.39, 0.29) is 11.4 Å². The molecular formula is C18H21N3O. The highest BCUT2D eigenvalue weighted by atomic mass is 16.1. The van der Waals surface area contributed by atoms with Crippen LogP contribution in [0.5, 0.6) is 0 Å². The fourth-order valence-corrected chi connectivity index (χ4v) is 2.72. The van der Waals surface area contributed by atoms with Crippen molar-refractivity contribution in [1.82, 2.24) is 10.3 Å². The third-order valence-electron chi connectivity index (χ3n) is 3.67. The molecule has 1 aromatic heterocycles. The summed E-state index contributed by atoms with van der Waals surface area (Å²) in [5.74, 6) is -0.0886. The number of carbonyl (C=O) groups excluding carboxylic acids is 1. The summed E-state index contributed by atoms with van der Waals surface area (Å²) < 4.78 is 0. The molecule has 1 aliphatic heterocycles. The Kier molecular flexibility index (Phi) is 3.61. The number of fused-ring (bicyclic) bond motifs is 1. The summed E-state index contributed by atoms with van der Waals surface area (Å²) in [6, 6.07) is 10.3. The fourth-order valence-electron chi connectivity index (χ4n) is 2.72. The standard InChI is InChI=1S/C18H21N3O/c1-18(2,3)20-17(22)14-10-15(12-19-11-14)21-9-8-13-6-4-5-7-16(13)21/h4-7,10-12H,8-9H2,1-3H3,(H,20,22). The molecule has 1 N–H and O–H groups in total. The predicted molar refractivity (Wildman–Crippen MR) is 88.6 cm³/mol. The number of benzene rings is 1. The first kappa shape index (κ1) is 14.6. The van der Waals surface area contributed by atoms with Crippen LogP contribution in [0.4, 0.5) is 11.4 Å². The van der Waals surface area contributed by atoms with Crippen LogP contribution >= 0.6 is 0 Å². The van der Waals surface area contributed by atoms with Gasteiger partial charge in [-0.1, -0.05) is 18.2 Å². The van der Waals surface area contributed by atoms with Crippen molar-refractivity contribution < 1.29 is 4.79 Å². The van der Waals surface area contributed by atoms with Crippen molar-refractivity contribution in [2.75, 3.05) is 11.4 Å². The number of para-hydroxylation sites is 1. The van der Waals surface area contributed by atoms with Gasteiger partial charge in [0.2, 0.25) is 0 Å². The highest BCUT2D eigenvalue weighted by Crippen LogP contribution is 2.34. The molecule has 1 aromatic carbocycles. The molecule has 22 heavy (non-hydrogen) atoms. The predicted octanol–water partition coefficient (Wildman–Crippen LogP) is 3.30. The highest BCUT2D eigenvalue weighted by molar-refractivity contribution is 5.95. The Bertz CT molecular complexity index is 703. The van der Waals surface area contributed by atoms with Crippen molar-refractivity contribution in [3.63, 3.8) is 0 Å². The number of rotatable bonds is 2. The lowest BCUT2D eigenvalue weighted by Crippen LogP contribution is -2.40. The molecule has 0 radical (unpaired) electrons. The van der Waals surface area contributed by atoms with Crippen molar-refractivity contribution in [1.29, 1.82) is 0 Å². The van der Waals surface area contributed by atoms with Crippen LogP contribution in [-0.2, 0) is 6.42 Å². The van der Waals surface area contributed by atoms with Crippen LogP contribution in [0.1, 0.15) is 36.7 Å². The molecule has 114 valence electrons. The molecule has 0 fully saturated rings. The van der Waals surface area contributed by atoms with Gasteiger partial charge in [0.05, 0.1) is 17.4 Å². The first-order valence-corrected chi connectivity index (χ1v) is 7.57. The summed E-state index contributed by atoms with van der Waals surface area (Å²) in [6.07, 6.45) is 4.46. The second kappa shape index (κ2) is 5.44. The largest absolute Gasteiger partial charge is 0.347 e. The van der Waals surface area contributed by atoms with Crippen molar-refractivity contribution in [3.05, 3.63) is 53.9 Å². The summed E-state index contributed by atoms with van der Waals surface area (Å²) in [5, 5.41) is 2.97. The van der Waals surface area contributed by atoms with Crippen LogP contribution in [0, 0.1) is 0 Å². The molecule has 0 unspecified atom stereocenters. The average Bonchev–Trinajstić information content (AvgIpc) is 2.89. The lowest BCUT2D eigenvalue weighted by atomic mass is 10.1. The molecule has 2 aromatic rings. The number of hydrogen-bond acceptors (Lipinski definition) is 3. The molecule has 4 nitrogen and oxygen atoms in total. The van der Waals surface area contributed by atoms with Gasteiger partial charge in [-0.2, -0.15) is 0 Å². The zero-order chi connectivity index (χ0) is 15.7. The van der Waals surface area contributed by atoms with Crippen LogP contribution in [0.25, 0.3) is 0 Å². The lowest BCUT2D eigenvalue weighted by molar-refractivity contribution is 0.0919. The zero-order valence-electron chi connectivity index (χ0n) is 13.3. The molecule has 0 saturated carbocycles. The second-order valence-electron chi connectivity index (χ2n) is 6.67. The summed E-state index contributed by atoms with van der Waals surface area (Å²) in [4.78, 5) is 18.8. The number of aromatic nitrogens is 1. The first-order chi connectivity index (χ1) is 10.4. The zero-order valence-corrected chi connectivity index (χ0v) is 13.3. The highest BCUT2D eigenvalue weighted by Gasteiger charge is 2.21. The van der Waals surface area contributed by atoms with Gasteiger partial charge in [0.25, 0.3) is 5.91 Å². The molecule has 4 heteroatoms. The van der Waals surface area contributed by atoms with E-state index in [1.807, 2.05) is 39.1 Å². The molecule has 1 amide bonds. The summed E-state index contributed by atoms with van der Waals surface area (Å²) in [5.41, 5.74) is 3.85. The maximum absolute atomic E-state index is 12.3. The number of pyridine rings is 1. The van der Waals surface area contributed by atoms with Crippen molar-refractivity contribution in [2.24, 2.45) is 0 Å². The molecule has 0 atom stereocenters. The molecule has 2 heterocycles. The molecule has 1 aliphatic rings. The number of amides is 1. The molecule has 0 aliphatic carbocycles. The van der Waals surface area contributed by atoms with E-state index in [9.17, 15) is 4.79 Å². The second-order valence-corrected chi connectivity index (χ2v) is 6.67. The van der Waals surface area contributed by atoms with E-state index in [1.165, 1.54) is 11.3 Å². The van der Waals surface area contributed by atoms with E-state index >= 15 is 0 Å². The van der Waals surface area contributed by atoms with Crippen LogP contribution in [0.15, 0.2) is 42.7 Å². The number of carbonyl (C=O) groups is 1. The van der Waals surface area contributed by atoms with Gasteiger partial charge in [-0.25, -0.2) is 0 Å². The number of nitrogens with zero attached hydrogens (tertiary/aromatic N) is 2. The molecule has 0 bridgehead atoms. The van der Waals surface area contributed by atoms with Gasteiger partial charge in [0.1, 0.15) is 0 Å². The Hall–Kier alpha value is -2.36. The molecule has 0 saturated heterocycles. The minimum absolute atomic E-state index is 0.0886. The third-order valence-corrected chi connectivity index (χ3v) is 3.67. The molecule has 3 rings (SSSR count). The fraction of sp³-hybridized carbons (Fsp3) is 0.333. The summed E-state index contributed by atoms with van der Waals surface area (Å²) in [7, 11) is 0. The summed E-state index contributed by atoms with van der Waals surface area (Å²) >= 11 is 0.